The Labute approximate surface area is 113 Å². The Bertz CT molecular complexity index is 402. The van der Waals surface area contributed by atoms with Crippen molar-refractivity contribution in [2.24, 2.45) is 5.92 Å². The third-order valence-electron chi connectivity index (χ3n) is 3.78. The third kappa shape index (κ3) is 3.20. The maximum Gasteiger partial charge on any atom is 0.226 e. The summed E-state index contributed by atoms with van der Waals surface area (Å²) in [5.41, 5.74) is 0. The van der Waals surface area contributed by atoms with Gasteiger partial charge in [-0.05, 0) is 31.9 Å². The predicted molar refractivity (Wildman–Crippen MR) is 74.5 cm³/mol. The molecule has 0 saturated carbocycles. The third-order valence-corrected chi connectivity index (χ3v) is 6.75. The number of carbonyl (C=O) groups is 1. The van der Waals surface area contributed by atoms with Crippen molar-refractivity contribution in [2.45, 2.75) is 32.2 Å². The van der Waals surface area contributed by atoms with Crippen molar-refractivity contribution < 1.29 is 13.2 Å². The monoisotopic (exact) mass is 291 g/mol. The van der Waals surface area contributed by atoms with E-state index in [4.69, 9.17) is 0 Å². The smallest absolute Gasteiger partial charge is 0.226 e. The Balaban J connectivity index is 2.01. The summed E-state index contributed by atoms with van der Waals surface area (Å²) >= 11 is 1.84. The number of hydrogen-bond acceptors (Lipinski definition) is 4. The van der Waals surface area contributed by atoms with Crippen LogP contribution >= 0.6 is 11.8 Å². The summed E-state index contributed by atoms with van der Waals surface area (Å²) in [6, 6.07) is -0.0839. The standard InChI is InChI=1S/C12H21NO3S2/c1-2-13(11-5-7-18(15,16)9-11)12(14)10-4-3-6-17-8-10/h10-11H,2-9H2,1H3. The molecule has 2 aliphatic rings. The van der Waals surface area contributed by atoms with Gasteiger partial charge in [0, 0.05) is 24.3 Å². The second-order valence-electron chi connectivity index (χ2n) is 5.10. The van der Waals surface area contributed by atoms with Gasteiger partial charge in [-0.25, -0.2) is 8.42 Å². The summed E-state index contributed by atoms with van der Waals surface area (Å²) in [4.78, 5) is 14.3. The molecule has 0 aromatic carbocycles. The van der Waals surface area contributed by atoms with Gasteiger partial charge in [0.25, 0.3) is 0 Å². The first-order chi connectivity index (χ1) is 8.53. The summed E-state index contributed by atoms with van der Waals surface area (Å²) < 4.78 is 23.0. The molecule has 0 radical (unpaired) electrons. The Morgan fingerprint density at radius 1 is 1.39 bits per heavy atom. The zero-order chi connectivity index (χ0) is 13.2. The van der Waals surface area contributed by atoms with Crippen LogP contribution in [-0.4, -0.2) is 54.8 Å². The van der Waals surface area contributed by atoms with E-state index in [9.17, 15) is 13.2 Å². The van der Waals surface area contributed by atoms with Crippen LogP contribution in [0.25, 0.3) is 0 Å². The minimum Gasteiger partial charge on any atom is -0.339 e. The highest BCUT2D eigenvalue weighted by atomic mass is 32.2. The Kier molecular flexibility index (Phi) is 4.59. The number of rotatable bonds is 3. The highest BCUT2D eigenvalue weighted by Crippen LogP contribution is 2.27. The van der Waals surface area contributed by atoms with E-state index in [0.717, 1.165) is 24.3 Å². The molecule has 104 valence electrons. The van der Waals surface area contributed by atoms with Crippen molar-refractivity contribution >= 4 is 27.5 Å². The van der Waals surface area contributed by atoms with E-state index < -0.39 is 9.84 Å². The second-order valence-corrected chi connectivity index (χ2v) is 8.47. The van der Waals surface area contributed by atoms with Crippen molar-refractivity contribution in [1.82, 2.24) is 4.90 Å². The van der Waals surface area contributed by atoms with E-state index in [2.05, 4.69) is 0 Å². The van der Waals surface area contributed by atoms with Crippen LogP contribution in [0.4, 0.5) is 0 Å². The summed E-state index contributed by atoms with van der Waals surface area (Å²) in [7, 11) is -2.91. The Morgan fingerprint density at radius 3 is 2.67 bits per heavy atom. The van der Waals surface area contributed by atoms with E-state index in [0.29, 0.717) is 13.0 Å². The lowest BCUT2D eigenvalue weighted by Gasteiger charge is -2.32. The molecule has 1 amide bonds. The van der Waals surface area contributed by atoms with Crippen LogP contribution < -0.4 is 0 Å². The number of carbonyl (C=O) groups excluding carboxylic acids is 1. The normalized spacial score (nSPS) is 31.2. The first-order valence-corrected chi connectivity index (χ1v) is 9.60. The number of nitrogens with zero attached hydrogens (tertiary/aromatic N) is 1. The molecule has 2 unspecified atom stereocenters. The van der Waals surface area contributed by atoms with Gasteiger partial charge in [-0.1, -0.05) is 0 Å². The van der Waals surface area contributed by atoms with Gasteiger partial charge in [-0.2, -0.15) is 11.8 Å². The van der Waals surface area contributed by atoms with Crippen LogP contribution in [0.1, 0.15) is 26.2 Å². The SMILES string of the molecule is CCN(C(=O)C1CCCSC1)C1CCS(=O)(=O)C1. The molecular formula is C12H21NO3S2. The van der Waals surface area contributed by atoms with Crippen LogP contribution in [-0.2, 0) is 14.6 Å². The quantitative estimate of drug-likeness (QED) is 0.783. The second kappa shape index (κ2) is 5.82. The molecule has 4 nitrogen and oxygen atoms in total. The molecule has 2 heterocycles. The molecule has 2 fully saturated rings. The molecular weight excluding hydrogens is 270 g/mol. The van der Waals surface area contributed by atoms with Crippen LogP contribution in [0.3, 0.4) is 0 Å². The summed E-state index contributed by atoms with van der Waals surface area (Å²) in [6.07, 6.45) is 2.67. The number of thioether (sulfide) groups is 1. The van der Waals surface area contributed by atoms with Crippen LogP contribution in [0, 0.1) is 5.92 Å². The van der Waals surface area contributed by atoms with E-state index in [-0.39, 0.29) is 29.4 Å². The largest absolute Gasteiger partial charge is 0.339 e. The minimum absolute atomic E-state index is 0.0839. The van der Waals surface area contributed by atoms with E-state index in [1.54, 1.807) is 4.90 Å². The molecule has 2 atom stereocenters. The molecule has 2 saturated heterocycles. The van der Waals surface area contributed by atoms with E-state index >= 15 is 0 Å². The zero-order valence-corrected chi connectivity index (χ0v) is 12.4. The highest BCUT2D eigenvalue weighted by molar-refractivity contribution is 7.99. The van der Waals surface area contributed by atoms with Gasteiger partial charge in [0.15, 0.2) is 9.84 Å². The number of hydrogen-bond donors (Lipinski definition) is 0. The van der Waals surface area contributed by atoms with Crippen molar-refractivity contribution in [3.8, 4) is 0 Å². The van der Waals surface area contributed by atoms with Crippen LogP contribution in [0.5, 0.6) is 0 Å². The fourth-order valence-corrected chi connectivity index (χ4v) is 5.65. The summed E-state index contributed by atoms with van der Waals surface area (Å²) in [5, 5.41) is 0. The first kappa shape index (κ1) is 14.2. The van der Waals surface area contributed by atoms with Crippen molar-refractivity contribution in [3.63, 3.8) is 0 Å². The van der Waals surface area contributed by atoms with Crippen molar-refractivity contribution in [3.05, 3.63) is 0 Å². The topological polar surface area (TPSA) is 54.5 Å². The molecule has 2 rings (SSSR count). The van der Waals surface area contributed by atoms with Crippen LogP contribution in [0.2, 0.25) is 0 Å². The zero-order valence-electron chi connectivity index (χ0n) is 10.8. The Morgan fingerprint density at radius 2 is 2.17 bits per heavy atom. The first-order valence-electron chi connectivity index (χ1n) is 6.62. The average Bonchev–Trinajstić information content (AvgIpc) is 2.71. The predicted octanol–water partition coefficient (Wildman–Crippen LogP) is 1.17. The fraction of sp³-hybridized carbons (Fsp3) is 0.917. The van der Waals surface area contributed by atoms with Crippen molar-refractivity contribution in [2.75, 3.05) is 29.6 Å². The highest BCUT2D eigenvalue weighted by Gasteiger charge is 2.36. The van der Waals surface area contributed by atoms with Crippen molar-refractivity contribution in [1.29, 1.82) is 0 Å². The van der Waals surface area contributed by atoms with E-state index in [1.807, 2.05) is 18.7 Å². The van der Waals surface area contributed by atoms with Gasteiger partial charge in [0.05, 0.1) is 11.5 Å². The van der Waals surface area contributed by atoms with Gasteiger partial charge >= 0.3 is 0 Å². The summed E-state index contributed by atoms with van der Waals surface area (Å²) in [5.74, 6) is 2.72. The van der Waals surface area contributed by atoms with Gasteiger partial charge in [0.1, 0.15) is 0 Å². The van der Waals surface area contributed by atoms with Gasteiger partial charge in [0.2, 0.25) is 5.91 Å². The lowest BCUT2D eigenvalue weighted by Crippen LogP contribution is -2.45. The number of sulfone groups is 1. The molecule has 18 heavy (non-hydrogen) atoms. The van der Waals surface area contributed by atoms with Gasteiger partial charge in [-0.15, -0.1) is 0 Å². The summed E-state index contributed by atoms with van der Waals surface area (Å²) in [6.45, 7) is 2.57. The molecule has 0 aromatic rings. The fourth-order valence-electron chi connectivity index (χ4n) is 2.79. The lowest BCUT2D eigenvalue weighted by atomic mass is 10.0. The molecule has 0 aromatic heterocycles. The minimum atomic E-state index is -2.91. The van der Waals surface area contributed by atoms with Crippen LogP contribution in [0.15, 0.2) is 0 Å². The van der Waals surface area contributed by atoms with Gasteiger partial charge in [-0.3, -0.25) is 4.79 Å². The molecule has 0 spiro atoms. The molecule has 0 N–H and O–H groups in total. The molecule has 0 bridgehead atoms. The number of amides is 1. The van der Waals surface area contributed by atoms with E-state index in [1.165, 1.54) is 0 Å². The average molecular weight is 291 g/mol. The Hall–Kier alpha value is -0.230. The molecule has 6 heteroatoms. The lowest BCUT2D eigenvalue weighted by molar-refractivity contribution is -0.136. The van der Waals surface area contributed by atoms with Gasteiger partial charge < -0.3 is 4.90 Å². The molecule has 2 aliphatic heterocycles. The molecule has 0 aliphatic carbocycles. The maximum atomic E-state index is 12.4. The maximum absolute atomic E-state index is 12.4.